The van der Waals surface area contributed by atoms with Crippen LogP contribution in [-0.2, 0) is 16.1 Å². The number of carbonyl (C=O) groups excluding carboxylic acids is 1. The van der Waals surface area contributed by atoms with Gasteiger partial charge >= 0.3 is 5.97 Å². The Morgan fingerprint density at radius 3 is 2.75 bits per heavy atom. The third-order valence-electron chi connectivity index (χ3n) is 2.55. The van der Waals surface area contributed by atoms with E-state index in [0.29, 0.717) is 6.54 Å². The van der Waals surface area contributed by atoms with Crippen LogP contribution in [0.3, 0.4) is 0 Å². The molecule has 16 heavy (non-hydrogen) atoms. The van der Waals surface area contributed by atoms with Gasteiger partial charge in [0.05, 0.1) is 19.1 Å². The van der Waals surface area contributed by atoms with Gasteiger partial charge in [0.15, 0.2) is 0 Å². The SMILES string of the molecule is COC(=O)C(NCc1nc[nH]c1C)C(C)C. The molecule has 0 fully saturated rings. The summed E-state index contributed by atoms with van der Waals surface area (Å²) in [7, 11) is 1.40. The first kappa shape index (κ1) is 12.7. The normalized spacial score (nSPS) is 12.8. The molecule has 5 nitrogen and oxygen atoms in total. The maximum absolute atomic E-state index is 11.5. The molecule has 0 aliphatic heterocycles. The van der Waals surface area contributed by atoms with Crippen LogP contribution in [-0.4, -0.2) is 29.1 Å². The molecule has 1 aromatic heterocycles. The van der Waals surface area contributed by atoms with Crippen LogP contribution in [0.15, 0.2) is 6.33 Å². The number of methoxy groups -OCH3 is 1. The summed E-state index contributed by atoms with van der Waals surface area (Å²) in [5.74, 6) is -0.0464. The van der Waals surface area contributed by atoms with Gasteiger partial charge in [-0.15, -0.1) is 0 Å². The fourth-order valence-corrected chi connectivity index (χ4v) is 1.49. The van der Waals surface area contributed by atoms with E-state index in [1.807, 2.05) is 20.8 Å². The number of hydrogen-bond acceptors (Lipinski definition) is 4. The van der Waals surface area contributed by atoms with Crippen LogP contribution in [0.2, 0.25) is 0 Å². The second-order valence-corrected chi connectivity index (χ2v) is 4.10. The van der Waals surface area contributed by atoms with Crippen molar-refractivity contribution < 1.29 is 9.53 Å². The fourth-order valence-electron chi connectivity index (χ4n) is 1.49. The standard InChI is InChI=1S/C11H19N3O2/c1-7(2)10(11(15)16-4)12-5-9-8(3)13-6-14-9/h6-7,10,12H,5H2,1-4H3,(H,13,14). The first-order valence-electron chi connectivity index (χ1n) is 5.36. The monoisotopic (exact) mass is 225 g/mol. The molecule has 0 aliphatic carbocycles. The molecule has 0 aliphatic rings. The van der Waals surface area contributed by atoms with Crippen molar-refractivity contribution in [3.63, 3.8) is 0 Å². The van der Waals surface area contributed by atoms with Crippen molar-refractivity contribution in [2.45, 2.75) is 33.4 Å². The molecule has 1 heterocycles. The van der Waals surface area contributed by atoms with Gasteiger partial charge in [-0.1, -0.05) is 13.8 Å². The number of nitrogens with one attached hydrogen (secondary N) is 2. The number of esters is 1. The van der Waals surface area contributed by atoms with E-state index in [9.17, 15) is 4.79 Å². The van der Waals surface area contributed by atoms with Gasteiger partial charge in [-0.3, -0.25) is 10.1 Å². The van der Waals surface area contributed by atoms with Crippen molar-refractivity contribution in [1.82, 2.24) is 15.3 Å². The number of aromatic nitrogens is 2. The van der Waals surface area contributed by atoms with E-state index in [1.165, 1.54) is 7.11 Å². The second-order valence-electron chi connectivity index (χ2n) is 4.10. The number of rotatable bonds is 5. The Balaban J connectivity index is 2.57. The van der Waals surface area contributed by atoms with Crippen molar-refractivity contribution in [1.29, 1.82) is 0 Å². The minimum atomic E-state index is -0.291. The number of ether oxygens (including phenoxy) is 1. The van der Waals surface area contributed by atoms with Crippen molar-refractivity contribution in [2.75, 3.05) is 7.11 Å². The lowest BCUT2D eigenvalue weighted by Gasteiger charge is -2.19. The van der Waals surface area contributed by atoms with E-state index >= 15 is 0 Å². The average Bonchev–Trinajstić information content (AvgIpc) is 2.64. The molecule has 1 aromatic rings. The summed E-state index contributed by atoms with van der Waals surface area (Å²) >= 11 is 0. The van der Waals surface area contributed by atoms with Gasteiger partial charge in [0.1, 0.15) is 6.04 Å². The molecular formula is C11H19N3O2. The van der Waals surface area contributed by atoms with Gasteiger partial charge < -0.3 is 9.72 Å². The molecule has 0 bridgehead atoms. The predicted octanol–water partition coefficient (Wildman–Crippen LogP) is 1.01. The van der Waals surface area contributed by atoms with Crippen molar-refractivity contribution in [2.24, 2.45) is 5.92 Å². The lowest BCUT2D eigenvalue weighted by atomic mass is 10.0. The van der Waals surface area contributed by atoms with E-state index in [1.54, 1.807) is 6.33 Å². The van der Waals surface area contributed by atoms with Gasteiger partial charge in [0, 0.05) is 12.2 Å². The summed E-state index contributed by atoms with van der Waals surface area (Å²) in [5, 5.41) is 3.16. The van der Waals surface area contributed by atoms with E-state index in [2.05, 4.69) is 15.3 Å². The van der Waals surface area contributed by atoms with Gasteiger partial charge in [0.25, 0.3) is 0 Å². The van der Waals surface area contributed by atoms with Gasteiger partial charge in [-0.2, -0.15) is 0 Å². The minimum absolute atomic E-state index is 0.187. The van der Waals surface area contributed by atoms with Gasteiger partial charge in [-0.05, 0) is 12.8 Å². The van der Waals surface area contributed by atoms with Crippen LogP contribution in [0.4, 0.5) is 0 Å². The highest BCUT2D eigenvalue weighted by atomic mass is 16.5. The minimum Gasteiger partial charge on any atom is -0.468 e. The maximum Gasteiger partial charge on any atom is 0.323 e. The molecule has 1 unspecified atom stereocenters. The summed E-state index contributed by atoms with van der Waals surface area (Å²) in [6, 6.07) is -0.291. The molecule has 0 radical (unpaired) electrons. The number of carbonyl (C=O) groups is 1. The van der Waals surface area contributed by atoms with E-state index < -0.39 is 0 Å². The second kappa shape index (κ2) is 5.65. The highest BCUT2D eigenvalue weighted by Crippen LogP contribution is 2.06. The Bertz CT molecular complexity index is 347. The Hall–Kier alpha value is -1.36. The topological polar surface area (TPSA) is 67.0 Å². The fraction of sp³-hybridized carbons (Fsp3) is 0.636. The summed E-state index contributed by atoms with van der Waals surface area (Å²) in [6.07, 6.45) is 1.65. The lowest BCUT2D eigenvalue weighted by molar-refractivity contribution is -0.144. The molecule has 0 saturated heterocycles. The summed E-state index contributed by atoms with van der Waals surface area (Å²) in [4.78, 5) is 18.6. The van der Waals surface area contributed by atoms with Crippen molar-refractivity contribution >= 4 is 5.97 Å². The smallest absolute Gasteiger partial charge is 0.323 e. The Labute approximate surface area is 95.6 Å². The molecule has 90 valence electrons. The van der Waals surface area contributed by atoms with E-state index in [-0.39, 0.29) is 17.9 Å². The Kier molecular flexibility index (Phi) is 4.49. The zero-order chi connectivity index (χ0) is 12.1. The number of aryl methyl sites for hydroxylation is 1. The summed E-state index contributed by atoms with van der Waals surface area (Å²) in [5.41, 5.74) is 1.94. The van der Waals surface area contributed by atoms with E-state index in [4.69, 9.17) is 4.74 Å². The molecule has 0 aromatic carbocycles. The highest BCUT2D eigenvalue weighted by molar-refractivity contribution is 5.75. The Morgan fingerprint density at radius 1 is 1.62 bits per heavy atom. The quantitative estimate of drug-likeness (QED) is 0.734. The molecule has 0 spiro atoms. The van der Waals surface area contributed by atoms with Crippen LogP contribution < -0.4 is 5.32 Å². The van der Waals surface area contributed by atoms with Crippen LogP contribution in [0, 0.1) is 12.8 Å². The van der Waals surface area contributed by atoms with Gasteiger partial charge in [-0.25, -0.2) is 4.98 Å². The maximum atomic E-state index is 11.5. The molecule has 1 atom stereocenters. The highest BCUT2D eigenvalue weighted by Gasteiger charge is 2.22. The van der Waals surface area contributed by atoms with Crippen molar-refractivity contribution in [3.05, 3.63) is 17.7 Å². The zero-order valence-corrected chi connectivity index (χ0v) is 10.2. The third kappa shape index (κ3) is 3.06. The molecule has 0 amide bonds. The Morgan fingerprint density at radius 2 is 2.31 bits per heavy atom. The summed E-state index contributed by atoms with van der Waals surface area (Å²) in [6.45, 7) is 6.47. The predicted molar refractivity (Wildman–Crippen MR) is 60.8 cm³/mol. The number of hydrogen-bond donors (Lipinski definition) is 2. The zero-order valence-electron chi connectivity index (χ0n) is 10.2. The number of imidazole rings is 1. The van der Waals surface area contributed by atoms with Crippen LogP contribution >= 0.6 is 0 Å². The first-order valence-corrected chi connectivity index (χ1v) is 5.36. The largest absolute Gasteiger partial charge is 0.468 e. The van der Waals surface area contributed by atoms with Gasteiger partial charge in [0.2, 0.25) is 0 Å². The van der Waals surface area contributed by atoms with Crippen LogP contribution in [0.1, 0.15) is 25.2 Å². The third-order valence-corrected chi connectivity index (χ3v) is 2.55. The molecule has 5 heteroatoms. The van der Waals surface area contributed by atoms with Crippen LogP contribution in [0.25, 0.3) is 0 Å². The van der Waals surface area contributed by atoms with E-state index in [0.717, 1.165) is 11.4 Å². The summed E-state index contributed by atoms with van der Waals surface area (Å²) < 4.78 is 4.74. The van der Waals surface area contributed by atoms with Crippen LogP contribution in [0.5, 0.6) is 0 Å². The molecular weight excluding hydrogens is 206 g/mol. The number of aromatic amines is 1. The lowest BCUT2D eigenvalue weighted by Crippen LogP contribution is -2.41. The van der Waals surface area contributed by atoms with Crippen molar-refractivity contribution in [3.8, 4) is 0 Å². The molecule has 2 N–H and O–H groups in total. The molecule has 1 rings (SSSR count). The number of H-pyrrole nitrogens is 1. The average molecular weight is 225 g/mol. The molecule has 0 saturated carbocycles. The first-order chi connectivity index (χ1) is 7.56. The number of nitrogens with zero attached hydrogens (tertiary/aromatic N) is 1.